The average molecular weight is 287 g/mol. The van der Waals surface area contributed by atoms with E-state index < -0.39 is 6.10 Å². The second-order valence-corrected chi connectivity index (χ2v) is 5.56. The van der Waals surface area contributed by atoms with Crippen LogP contribution >= 0.6 is 0 Å². The third kappa shape index (κ3) is 2.88. The maximum absolute atomic E-state index is 13.5. The van der Waals surface area contributed by atoms with Crippen LogP contribution in [-0.4, -0.2) is 27.7 Å². The average Bonchev–Trinajstić information content (AvgIpc) is 2.80. The summed E-state index contributed by atoms with van der Waals surface area (Å²) in [6, 6.07) is 8.31. The minimum Gasteiger partial charge on any atom is -0.391 e. The normalized spacial score (nSPS) is 21.8. The predicted octanol–water partition coefficient (Wildman–Crippen LogP) is 2.54. The maximum atomic E-state index is 13.5. The first-order valence-corrected chi connectivity index (χ1v) is 7.05. The lowest BCUT2D eigenvalue weighted by atomic mass is 10.0. The van der Waals surface area contributed by atoms with Crippen molar-refractivity contribution in [2.45, 2.75) is 32.4 Å². The number of halogens is 1. The van der Waals surface area contributed by atoms with E-state index in [9.17, 15) is 9.50 Å². The predicted molar refractivity (Wildman–Crippen MR) is 78.6 cm³/mol. The Hall–Kier alpha value is -2.01. The Bertz CT molecular complexity index is 641. The Kier molecular flexibility index (Phi) is 3.59. The van der Waals surface area contributed by atoms with Gasteiger partial charge in [0, 0.05) is 17.9 Å². The van der Waals surface area contributed by atoms with Gasteiger partial charge in [0.15, 0.2) is 0 Å². The molecule has 1 saturated heterocycles. The summed E-state index contributed by atoms with van der Waals surface area (Å²) < 4.78 is 13.5. The van der Waals surface area contributed by atoms with Crippen LogP contribution < -0.4 is 4.90 Å². The third-order valence-electron chi connectivity index (χ3n) is 3.74. The molecule has 1 fully saturated rings. The van der Waals surface area contributed by atoms with Gasteiger partial charge in [-0.25, -0.2) is 14.4 Å². The Morgan fingerprint density at radius 2 is 1.90 bits per heavy atom. The molecule has 0 bridgehead atoms. The summed E-state index contributed by atoms with van der Waals surface area (Å²) in [5, 5.41) is 10.0. The fourth-order valence-corrected chi connectivity index (χ4v) is 2.90. The van der Waals surface area contributed by atoms with Crippen LogP contribution in [0.25, 0.3) is 0 Å². The zero-order valence-corrected chi connectivity index (χ0v) is 12.1. The molecule has 2 atom stereocenters. The molecule has 4 nitrogen and oxygen atoms in total. The largest absolute Gasteiger partial charge is 0.391 e. The van der Waals surface area contributed by atoms with E-state index in [1.54, 1.807) is 6.07 Å². The van der Waals surface area contributed by atoms with Crippen molar-refractivity contribution < 1.29 is 9.50 Å². The SMILES string of the molecule is Cc1cc(C)nc(N2C[C@H](O)C[C@H]2c2cccc(F)c2)n1. The van der Waals surface area contributed by atoms with Crippen molar-refractivity contribution in [1.29, 1.82) is 0 Å². The van der Waals surface area contributed by atoms with Crippen molar-refractivity contribution in [3.8, 4) is 0 Å². The Balaban J connectivity index is 1.99. The van der Waals surface area contributed by atoms with Crippen LogP contribution in [0.2, 0.25) is 0 Å². The van der Waals surface area contributed by atoms with Crippen molar-refractivity contribution in [3.63, 3.8) is 0 Å². The van der Waals surface area contributed by atoms with Gasteiger partial charge in [0.1, 0.15) is 5.82 Å². The zero-order valence-electron chi connectivity index (χ0n) is 12.1. The van der Waals surface area contributed by atoms with E-state index in [1.807, 2.05) is 30.9 Å². The molecule has 1 aromatic carbocycles. The monoisotopic (exact) mass is 287 g/mol. The van der Waals surface area contributed by atoms with Gasteiger partial charge < -0.3 is 10.0 Å². The first-order chi connectivity index (χ1) is 10.0. The van der Waals surface area contributed by atoms with Gasteiger partial charge in [0.25, 0.3) is 0 Å². The molecule has 5 heteroatoms. The second-order valence-electron chi connectivity index (χ2n) is 5.56. The van der Waals surface area contributed by atoms with Gasteiger partial charge >= 0.3 is 0 Å². The molecule has 1 N–H and O–H groups in total. The van der Waals surface area contributed by atoms with Crippen molar-refractivity contribution >= 4 is 5.95 Å². The Labute approximate surface area is 123 Å². The molecule has 0 aliphatic carbocycles. The smallest absolute Gasteiger partial charge is 0.226 e. The number of nitrogens with zero attached hydrogens (tertiary/aromatic N) is 3. The lowest BCUT2D eigenvalue weighted by Gasteiger charge is -2.25. The van der Waals surface area contributed by atoms with E-state index >= 15 is 0 Å². The van der Waals surface area contributed by atoms with Crippen LogP contribution in [0.4, 0.5) is 10.3 Å². The molecule has 110 valence electrons. The number of aliphatic hydroxyl groups is 1. The molecule has 3 rings (SSSR count). The topological polar surface area (TPSA) is 49.2 Å². The van der Waals surface area contributed by atoms with Crippen molar-refractivity contribution in [2.75, 3.05) is 11.4 Å². The molecule has 1 aliphatic rings. The summed E-state index contributed by atoms with van der Waals surface area (Å²) in [4.78, 5) is 10.9. The molecule has 2 aromatic rings. The number of aliphatic hydroxyl groups excluding tert-OH is 1. The third-order valence-corrected chi connectivity index (χ3v) is 3.74. The number of hydrogen-bond donors (Lipinski definition) is 1. The van der Waals surface area contributed by atoms with Crippen LogP contribution in [0.5, 0.6) is 0 Å². The molecule has 0 amide bonds. The van der Waals surface area contributed by atoms with Gasteiger partial charge in [-0.15, -0.1) is 0 Å². The van der Waals surface area contributed by atoms with Gasteiger partial charge in [-0.2, -0.15) is 0 Å². The van der Waals surface area contributed by atoms with Crippen LogP contribution in [0.15, 0.2) is 30.3 Å². The first kappa shape index (κ1) is 13.9. The van der Waals surface area contributed by atoms with E-state index in [4.69, 9.17) is 0 Å². The van der Waals surface area contributed by atoms with Gasteiger partial charge in [-0.05, 0) is 44.0 Å². The standard InChI is InChI=1S/C16H18FN3O/c1-10-6-11(2)19-16(18-10)20-9-14(21)8-15(20)12-4-3-5-13(17)7-12/h3-7,14-15,21H,8-9H2,1-2H3/t14-,15+/m1/s1. The van der Waals surface area contributed by atoms with Crippen LogP contribution in [-0.2, 0) is 0 Å². The van der Waals surface area contributed by atoms with Crippen molar-refractivity contribution in [3.05, 3.63) is 53.1 Å². The highest BCUT2D eigenvalue weighted by Gasteiger charge is 2.34. The fraction of sp³-hybridized carbons (Fsp3) is 0.375. The molecule has 0 spiro atoms. The number of β-amino-alcohol motifs (C(OH)–C–C–N with tert-alkyl or cyclic N) is 1. The van der Waals surface area contributed by atoms with Crippen molar-refractivity contribution in [2.24, 2.45) is 0 Å². The maximum Gasteiger partial charge on any atom is 0.226 e. The summed E-state index contributed by atoms with van der Waals surface area (Å²) in [5.74, 6) is 0.327. The number of benzene rings is 1. The lowest BCUT2D eigenvalue weighted by Crippen LogP contribution is -2.26. The highest BCUT2D eigenvalue weighted by molar-refractivity contribution is 5.40. The number of rotatable bonds is 2. The highest BCUT2D eigenvalue weighted by atomic mass is 19.1. The van der Waals surface area contributed by atoms with Crippen LogP contribution in [0.3, 0.4) is 0 Å². The van der Waals surface area contributed by atoms with E-state index in [0.29, 0.717) is 18.9 Å². The van der Waals surface area contributed by atoms with Gasteiger partial charge in [0.2, 0.25) is 5.95 Å². The minimum atomic E-state index is -0.456. The summed E-state index contributed by atoms with van der Waals surface area (Å²) in [6.45, 7) is 4.30. The summed E-state index contributed by atoms with van der Waals surface area (Å²) in [7, 11) is 0. The lowest BCUT2D eigenvalue weighted by molar-refractivity contribution is 0.194. The molecule has 1 aliphatic heterocycles. The van der Waals surface area contributed by atoms with E-state index in [0.717, 1.165) is 17.0 Å². The van der Waals surface area contributed by atoms with E-state index in [1.165, 1.54) is 12.1 Å². The quantitative estimate of drug-likeness (QED) is 0.922. The van der Waals surface area contributed by atoms with E-state index in [-0.39, 0.29) is 11.9 Å². The molecule has 0 unspecified atom stereocenters. The number of hydrogen-bond acceptors (Lipinski definition) is 4. The molecule has 0 radical (unpaired) electrons. The number of aromatic nitrogens is 2. The number of aryl methyl sites for hydroxylation is 2. The number of anilines is 1. The molecule has 2 heterocycles. The van der Waals surface area contributed by atoms with E-state index in [2.05, 4.69) is 9.97 Å². The molecule has 21 heavy (non-hydrogen) atoms. The molecular weight excluding hydrogens is 269 g/mol. The van der Waals surface area contributed by atoms with Gasteiger partial charge in [-0.1, -0.05) is 12.1 Å². The second kappa shape index (κ2) is 5.41. The molecule has 1 aromatic heterocycles. The molecular formula is C16H18FN3O. The van der Waals surface area contributed by atoms with Gasteiger partial charge in [0.05, 0.1) is 12.1 Å². The Morgan fingerprint density at radius 1 is 1.19 bits per heavy atom. The summed E-state index contributed by atoms with van der Waals surface area (Å²) in [6.07, 6.45) is 0.0995. The summed E-state index contributed by atoms with van der Waals surface area (Å²) >= 11 is 0. The highest BCUT2D eigenvalue weighted by Crippen LogP contribution is 2.35. The minimum absolute atomic E-state index is 0.100. The van der Waals surface area contributed by atoms with Gasteiger partial charge in [-0.3, -0.25) is 0 Å². The van der Waals surface area contributed by atoms with Crippen molar-refractivity contribution in [1.82, 2.24) is 9.97 Å². The fourth-order valence-electron chi connectivity index (χ4n) is 2.90. The zero-order chi connectivity index (χ0) is 15.0. The molecule has 0 saturated carbocycles. The Morgan fingerprint density at radius 3 is 2.57 bits per heavy atom. The van der Waals surface area contributed by atoms with Crippen LogP contribution in [0, 0.1) is 19.7 Å². The van der Waals surface area contributed by atoms with Crippen LogP contribution in [0.1, 0.15) is 29.4 Å². The summed E-state index contributed by atoms with van der Waals surface area (Å²) in [5.41, 5.74) is 2.61. The first-order valence-electron chi connectivity index (χ1n) is 7.05.